The summed E-state index contributed by atoms with van der Waals surface area (Å²) in [6, 6.07) is 5.45. The zero-order valence-corrected chi connectivity index (χ0v) is 18.7. The van der Waals surface area contributed by atoms with E-state index >= 15 is 0 Å². The molecule has 3 heterocycles. The highest BCUT2D eigenvalue weighted by Crippen LogP contribution is 2.35. The zero-order valence-electron chi connectivity index (χ0n) is 17.9. The minimum absolute atomic E-state index is 0.00779. The Morgan fingerprint density at radius 3 is 2.53 bits per heavy atom. The van der Waals surface area contributed by atoms with Crippen LogP contribution in [0.25, 0.3) is 16.9 Å². The van der Waals surface area contributed by atoms with Crippen molar-refractivity contribution in [3.63, 3.8) is 0 Å². The monoisotopic (exact) mass is 490 g/mol. The number of alkyl halides is 2. The van der Waals surface area contributed by atoms with E-state index in [9.17, 15) is 28.0 Å². The van der Waals surface area contributed by atoms with E-state index in [0.717, 1.165) is 15.2 Å². The van der Waals surface area contributed by atoms with Gasteiger partial charge in [-0.1, -0.05) is 17.7 Å². The molecule has 4 rings (SSSR count). The van der Waals surface area contributed by atoms with Crippen molar-refractivity contribution in [1.82, 2.24) is 19.1 Å². The molecule has 1 aliphatic rings. The topological polar surface area (TPSA) is 96.8 Å². The largest absolute Gasteiger partial charge is 0.357 e. The number of halogens is 4. The van der Waals surface area contributed by atoms with Crippen LogP contribution in [0, 0.1) is 24.1 Å². The van der Waals surface area contributed by atoms with Gasteiger partial charge in [0.2, 0.25) is 0 Å². The van der Waals surface area contributed by atoms with Gasteiger partial charge in [0.25, 0.3) is 11.5 Å². The maximum Gasteiger partial charge on any atom is 0.339 e. The molecule has 0 amide bonds. The molecule has 3 aromatic rings. The van der Waals surface area contributed by atoms with E-state index < -0.39 is 42.4 Å². The summed E-state index contributed by atoms with van der Waals surface area (Å²) in [5.41, 5.74) is -1.20. The van der Waals surface area contributed by atoms with Gasteiger partial charge in [0.1, 0.15) is 18.2 Å². The highest BCUT2D eigenvalue weighted by molar-refractivity contribution is 6.31. The molecule has 0 aliphatic carbocycles. The van der Waals surface area contributed by atoms with Crippen LogP contribution in [0.15, 0.2) is 40.2 Å². The fraction of sp³-hybridized carbons (Fsp3) is 0.318. The van der Waals surface area contributed by atoms with E-state index in [-0.39, 0.29) is 40.9 Å². The fourth-order valence-corrected chi connectivity index (χ4v) is 4.07. The molecule has 1 fully saturated rings. The van der Waals surface area contributed by atoms with E-state index in [1.807, 2.05) is 6.07 Å². The minimum Gasteiger partial charge on any atom is -0.357 e. The standard InChI is InChI=1S/C22H18ClF3N6O2/c1-13-11-28-12-17(29-13)32-20(33)18(14-2-3-16(24)15(23)10-14)19(31(9-6-27)21(32)34)30-7-4-22(25,26)5-8-30/h2-3,10-12H,4-5,7-9H2,1H3. The van der Waals surface area contributed by atoms with Crippen LogP contribution in [0.5, 0.6) is 0 Å². The smallest absolute Gasteiger partial charge is 0.339 e. The number of aryl methyl sites for hydroxylation is 1. The lowest BCUT2D eigenvalue weighted by molar-refractivity contribution is -0.0222. The van der Waals surface area contributed by atoms with Gasteiger partial charge in [-0.05, 0) is 24.6 Å². The van der Waals surface area contributed by atoms with Crippen LogP contribution in [-0.2, 0) is 6.54 Å². The molecule has 1 aliphatic heterocycles. The number of anilines is 1. The molecular formula is C22H18ClF3N6O2. The van der Waals surface area contributed by atoms with E-state index in [4.69, 9.17) is 11.6 Å². The van der Waals surface area contributed by atoms with Gasteiger partial charge in [0.15, 0.2) is 5.82 Å². The second-order valence-corrected chi connectivity index (χ2v) is 8.26. The van der Waals surface area contributed by atoms with Crippen molar-refractivity contribution in [3.8, 4) is 23.0 Å². The number of hydrogen-bond donors (Lipinski definition) is 0. The van der Waals surface area contributed by atoms with Gasteiger partial charge in [0.05, 0.1) is 28.5 Å². The van der Waals surface area contributed by atoms with Crippen LogP contribution in [-0.4, -0.2) is 38.1 Å². The highest BCUT2D eigenvalue weighted by Gasteiger charge is 2.36. The number of benzene rings is 1. The van der Waals surface area contributed by atoms with Crippen molar-refractivity contribution in [3.05, 3.63) is 68.0 Å². The summed E-state index contributed by atoms with van der Waals surface area (Å²) < 4.78 is 43.4. The molecule has 0 bridgehead atoms. The Bertz CT molecular complexity index is 1420. The van der Waals surface area contributed by atoms with Crippen LogP contribution in [0.1, 0.15) is 18.5 Å². The van der Waals surface area contributed by atoms with Crippen molar-refractivity contribution < 1.29 is 13.2 Å². The normalized spacial score (nSPS) is 15.2. The number of aromatic nitrogens is 4. The Morgan fingerprint density at radius 1 is 1.21 bits per heavy atom. The summed E-state index contributed by atoms with van der Waals surface area (Å²) in [7, 11) is 0. The Morgan fingerprint density at radius 2 is 1.91 bits per heavy atom. The van der Waals surface area contributed by atoms with Gasteiger partial charge in [0, 0.05) is 32.1 Å². The maximum absolute atomic E-state index is 13.9. The van der Waals surface area contributed by atoms with Gasteiger partial charge in [-0.15, -0.1) is 0 Å². The van der Waals surface area contributed by atoms with Gasteiger partial charge >= 0.3 is 5.69 Å². The van der Waals surface area contributed by atoms with E-state index in [0.29, 0.717) is 5.69 Å². The number of hydrogen-bond acceptors (Lipinski definition) is 6. The van der Waals surface area contributed by atoms with Gasteiger partial charge in [-0.3, -0.25) is 14.3 Å². The second-order valence-electron chi connectivity index (χ2n) is 7.86. The third kappa shape index (κ3) is 4.28. The average Bonchev–Trinajstić information content (AvgIpc) is 2.78. The second kappa shape index (κ2) is 8.95. The van der Waals surface area contributed by atoms with Gasteiger partial charge < -0.3 is 4.90 Å². The molecule has 0 atom stereocenters. The molecule has 12 heteroatoms. The third-order valence-corrected chi connectivity index (χ3v) is 5.81. The van der Waals surface area contributed by atoms with Crippen LogP contribution < -0.4 is 16.1 Å². The first-order valence-electron chi connectivity index (χ1n) is 10.3. The van der Waals surface area contributed by atoms with Crippen LogP contribution in [0.2, 0.25) is 5.02 Å². The van der Waals surface area contributed by atoms with Crippen molar-refractivity contribution in [2.45, 2.75) is 32.2 Å². The SMILES string of the molecule is Cc1cncc(-n2c(=O)c(-c3ccc(F)c(Cl)c3)c(N3CCC(F)(F)CC3)n(CC#N)c2=O)n1. The predicted molar refractivity (Wildman–Crippen MR) is 119 cm³/mol. The minimum atomic E-state index is -2.89. The predicted octanol–water partition coefficient (Wildman–Crippen LogP) is 3.32. The summed E-state index contributed by atoms with van der Waals surface area (Å²) >= 11 is 5.96. The Hall–Kier alpha value is -3.65. The number of piperidine rings is 1. The molecule has 0 saturated carbocycles. The van der Waals surface area contributed by atoms with E-state index in [1.54, 1.807) is 6.92 Å². The highest BCUT2D eigenvalue weighted by atomic mass is 35.5. The number of nitriles is 1. The lowest BCUT2D eigenvalue weighted by Gasteiger charge is -2.35. The Balaban J connectivity index is 2.08. The number of nitrogens with zero attached hydrogens (tertiary/aromatic N) is 6. The molecule has 1 aromatic carbocycles. The number of rotatable bonds is 4. The first-order chi connectivity index (χ1) is 16.1. The summed E-state index contributed by atoms with van der Waals surface area (Å²) in [5, 5.41) is 9.16. The van der Waals surface area contributed by atoms with Crippen molar-refractivity contribution >= 4 is 17.4 Å². The van der Waals surface area contributed by atoms with Crippen LogP contribution in [0.3, 0.4) is 0 Å². The van der Waals surface area contributed by atoms with Crippen molar-refractivity contribution in [2.75, 3.05) is 18.0 Å². The first kappa shape index (κ1) is 23.5. The van der Waals surface area contributed by atoms with Crippen molar-refractivity contribution in [1.29, 1.82) is 5.26 Å². The fourth-order valence-electron chi connectivity index (χ4n) is 3.89. The molecule has 2 aromatic heterocycles. The van der Waals surface area contributed by atoms with Crippen LogP contribution >= 0.6 is 11.6 Å². The quantitative estimate of drug-likeness (QED) is 0.556. The molecular weight excluding hydrogens is 473 g/mol. The lowest BCUT2D eigenvalue weighted by Crippen LogP contribution is -2.47. The van der Waals surface area contributed by atoms with E-state index in [2.05, 4.69) is 9.97 Å². The summed E-state index contributed by atoms with van der Waals surface area (Å²) in [6.45, 7) is 0.835. The lowest BCUT2D eigenvalue weighted by atomic mass is 10.0. The van der Waals surface area contributed by atoms with Crippen LogP contribution in [0.4, 0.5) is 19.0 Å². The summed E-state index contributed by atoms with van der Waals surface area (Å²) in [5.74, 6) is -3.69. The molecule has 0 unspecified atom stereocenters. The van der Waals surface area contributed by atoms with Gasteiger partial charge in [-0.25, -0.2) is 27.5 Å². The maximum atomic E-state index is 13.9. The molecule has 176 valence electrons. The van der Waals surface area contributed by atoms with Crippen molar-refractivity contribution in [2.24, 2.45) is 0 Å². The average molecular weight is 491 g/mol. The van der Waals surface area contributed by atoms with Gasteiger partial charge in [-0.2, -0.15) is 5.26 Å². The Labute approximate surface area is 196 Å². The third-order valence-electron chi connectivity index (χ3n) is 5.52. The summed E-state index contributed by atoms with van der Waals surface area (Å²) in [6.07, 6.45) is 1.66. The molecule has 34 heavy (non-hydrogen) atoms. The summed E-state index contributed by atoms with van der Waals surface area (Å²) in [4.78, 5) is 36.8. The molecule has 0 N–H and O–H groups in total. The zero-order chi connectivity index (χ0) is 24.6. The molecule has 1 saturated heterocycles. The molecule has 8 nitrogen and oxygen atoms in total. The first-order valence-corrected chi connectivity index (χ1v) is 10.6. The van der Waals surface area contributed by atoms with E-state index in [1.165, 1.54) is 29.4 Å². The molecule has 0 spiro atoms. The molecule has 0 radical (unpaired) electrons. The Kier molecular flexibility index (Phi) is 6.18.